The lowest BCUT2D eigenvalue weighted by atomic mass is 9.79. The maximum atomic E-state index is 13.0. The van der Waals surface area contributed by atoms with Crippen molar-refractivity contribution in [2.45, 2.75) is 64.2 Å². The molecule has 24 heavy (non-hydrogen) atoms. The normalized spacial score (nSPS) is 31.8. The van der Waals surface area contributed by atoms with Gasteiger partial charge in [0.25, 0.3) is 0 Å². The lowest BCUT2D eigenvalue weighted by molar-refractivity contribution is 0.0832. The van der Waals surface area contributed by atoms with Gasteiger partial charge in [-0.25, -0.2) is 0 Å². The summed E-state index contributed by atoms with van der Waals surface area (Å²) >= 11 is 0. The van der Waals surface area contributed by atoms with Gasteiger partial charge in [0, 0.05) is 24.7 Å². The zero-order valence-corrected chi connectivity index (χ0v) is 14.9. The molecule has 0 amide bonds. The Morgan fingerprint density at radius 3 is 2.58 bits per heavy atom. The van der Waals surface area contributed by atoms with Crippen molar-refractivity contribution in [2.24, 2.45) is 17.3 Å². The highest BCUT2D eigenvalue weighted by molar-refractivity contribution is 5.98. The molecule has 3 unspecified atom stereocenters. The highest BCUT2D eigenvalue weighted by Gasteiger charge is 2.58. The van der Waals surface area contributed by atoms with Crippen LogP contribution in [0.25, 0.3) is 0 Å². The molecule has 1 saturated heterocycles. The maximum Gasteiger partial charge on any atom is 0.166 e. The largest absolute Gasteiger partial charge is 0.381 e. The number of fused-ring (bicyclic) bond motifs is 1. The van der Waals surface area contributed by atoms with Crippen LogP contribution in [0.5, 0.6) is 0 Å². The van der Waals surface area contributed by atoms with Crippen molar-refractivity contribution in [3.05, 3.63) is 35.4 Å². The van der Waals surface area contributed by atoms with Crippen molar-refractivity contribution in [3.63, 3.8) is 0 Å². The number of Topliss-reactive ketones (excluding diaryl/α,β-unsaturated/α-hetero) is 1. The number of ketones is 1. The van der Waals surface area contributed by atoms with Crippen LogP contribution in [-0.2, 0) is 4.74 Å². The van der Waals surface area contributed by atoms with Gasteiger partial charge in [-0.15, -0.1) is 0 Å². The Kier molecular flexibility index (Phi) is 4.51. The minimum Gasteiger partial charge on any atom is -0.381 e. The molecule has 0 bridgehead atoms. The van der Waals surface area contributed by atoms with E-state index in [0.717, 1.165) is 31.6 Å². The van der Waals surface area contributed by atoms with Gasteiger partial charge < -0.3 is 4.74 Å². The Hall–Kier alpha value is -1.15. The quantitative estimate of drug-likeness (QED) is 0.695. The Morgan fingerprint density at radius 1 is 1.08 bits per heavy atom. The summed E-state index contributed by atoms with van der Waals surface area (Å²) in [6.45, 7) is 3.86. The predicted molar refractivity (Wildman–Crippen MR) is 96.4 cm³/mol. The molecule has 2 aliphatic carbocycles. The average Bonchev–Trinajstić information content (AvgIpc) is 3.37. The first-order valence-corrected chi connectivity index (χ1v) is 9.92. The molecule has 1 aliphatic heterocycles. The monoisotopic (exact) mass is 326 g/mol. The van der Waals surface area contributed by atoms with E-state index >= 15 is 0 Å². The summed E-state index contributed by atoms with van der Waals surface area (Å²) in [5.74, 6) is 1.89. The van der Waals surface area contributed by atoms with Crippen LogP contribution < -0.4 is 0 Å². The van der Waals surface area contributed by atoms with Gasteiger partial charge in [-0.2, -0.15) is 0 Å². The third-order valence-electron chi connectivity index (χ3n) is 7.13. The van der Waals surface area contributed by atoms with Gasteiger partial charge in [0.15, 0.2) is 5.78 Å². The Bertz CT molecular complexity index is 584. The maximum absolute atomic E-state index is 13.0. The Labute approximate surface area is 146 Å². The number of ether oxygens (including phenoxy) is 1. The van der Waals surface area contributed by atoms with E-state index in [1.165, 1.54) is 44.1 Å². The fourth-order valence-corrected chi connectivity index (χ4v) is 5.30. The number of hydrogen-bond donors (Lipinski definition) is 0. The predicted octanol–water partition coefficient (Wildman–Crippen LogP) is 5.37. The summed E-state index contributed by atoms with van der Waals surface area (Å²) in [6.07, 6.45) is 10.1. The molecule has 2 saturated carbocycles. The first-order valence-electron chi connectivity index (χ1n) is 9.92. The van der Waals surface area contributed by atoms with Crippen molar-refractivity contribution in [1.29, 1.82) is 0 Å². The van der Waals surface area contributed by atoms with Gasteiger partial charge in [0.05, 0.1) is 0 Å². The smallest absolute Gasteiger partial charge is 0.166 e. The highest BCUT2D eigenvalue weighted by atomic mass is 16.5. The minimum atomic E-state index is 0.129. The molecule has 2 nitrogen and oxygen atoms in total. The number of carbonyl (C=O) groups is 1. The first kappa shape index (κ1) is 16.3. The van der Waals surface area contributed by atoms with Crippen molar-refractivity contribution in [2.75, 3.05) is 13.2 Å². The summed E-state index contributed by atoms with van der Waals surface area (Å²) < 4.78 is 5.63. The summed E-state index contributed by atoms with van der Waals surface area (Å²) in [4.78, 5) is 13.0. The zero-order chi connectivity index (χ0) is 16.6. The number of benzene rings is 1. The van der Waals surface area contributed by atoms with Gasteiger partial charge in [-0.05, 0) is 54.9 Å². The van der Waals surface area contributed by atoms with Crippen molar-refractivity contribution in [1.82, 2.24) is 0 Å². The fraction of sp³-hybridized carbons (Fsp3) is 0.682. The molecular weight excluding hydrogens is 296 g/mol. The van der Waals surface area contributed by atoms with Crippen molar-refractivity contribution >= 4 is 5.78 Å². The number of rotatable bonds is 4. The lowest BCUT2D eigenvalue weighted by Gasteiger charge is -2.24. The topological polar surface area (TPSA) is 26.3 Å². The molecule has 130 valence electrons. The van der Waals surface area contributed by atoms with Crippen LogP contribution in [-0.4, -0.2) is 19.0 Å². The molecule has 0 N–H and O–H groups in total. The number of carbonyl (C=O) groups excluding carboxylic acids is 1. The molecular formula is C22H30O2. The summed E-state index contributed by atoms with van der Waals surface area (Å²) in [6, 6.07) is 8.61. The third kappa shape index (κ3) is 2.94. The van der Waals surface area contributed by atoms with E-state index in [-0.39, 0.29) is 11.3 Å². The fourth-order valence-electron chi connectivity index (χ4n) is 5.30. The van der Waals surface area contributed by atoms with Gasteiger partial charge in [0.2, 0.25) is 0 Å². The second kappa shape index (κ2) is 6.63. The van der Waals surface area contributed by atoms with Crippen molar-refractivity contribution in [3.8, 4) is 0 Å². The molecule has 3 atom stereocenters. The molecule has 0 aromatic heterocycles. The van der Waals surface area contributed by atoms with Crippen LogP contribution >= 0.6 is 0 Å². The second-order valence-electron chi connectivity index (χ2n) is 8.33. The van der Waals surface area contributed by atoms with Crippen LogP contribution in [0.4, 0.5) is 0 Å². The molecule has 1 heterocycles. The van der Waals surface area contributed by atoms with E-state index in [2.05, 4.69) is 31.2 Å². The molecule has 0 radical (unpaired) electrons. The van der Waals surface area contributed by atoms with E-state index in [1.54, 1.807) is 0 Å². The second-order valence-corrected chi connectivity index (χ2v) is 8.33. The van der Waals surface area contributed by atoms with E-state index < -0.39 is 0 Å². The molecule has 4 rings (SSSR count). The molecule has 3 fully saturated rings. The molecule has 1 aromatic carbocycles. The zero-order valence-electron chi connectivity index (χ0n) is 14.9. The van der Waals surface area contributed by atoms with Crippen LogP contribution in [0, 0.1) is 17.3 Å². The van der Waals surface area contributed by atoms with Crippen molar-refractivity contribution < 1.29 is 9.53 Å². The lowest BCUT2D eigenvalue weighted by Crippen LogP contribution is -2.25. The third-order valence-corrected chi connectivity index (χ3v) is 7.13. The van der Waals surface area contributed by atoms with Crippen LogP contribution in [0.15, 0.2) is 24.3 Å². The van der Waals surface area contributed by atoms with Gasteiger partial charge in [-0.1, -0.05) is 50.5 Å². The average molecular weight is 326 g/mol. The Morgan fingerprint density at radius 2 is 1.83 bits per heavy atom. The van der Waals surface area contributed by atoms with Crippen LogP contribution in [0.1, 0.15) is 80.1 Å². The van der Waals surface area contributed by atoms with E-state index in [0.29, 0.717) is 17.6 Å². The standard InChI is InChI=1S/C22H30O2/c1-16(22-12-14-24-13-11-20(22)15-22)21(23)19-9-7-18(8-10-19)17-5-3-2-4-6-17/h7-10,16-17,20H,2-6,11-15H2,1H3. The summed E-state index contributed by atoms with van der Waals surface area (Å²) in [5, 5.41) is 0. The number of hydrogen-bond acceptors (Lipinski definition) is 2. The molecule has 1 aromatic rings. The highest BCUT2D eigenvalue weighted by Crippen LogP contribution is 2.63. The molecule has 2 heteroatoms. The molecule has 0 spiro atoms. The SMILES string of the molecule is CC(C(=O)c1ccc(C2CCCCC2)cc1)C12CCOCCC1C2. The van der Waals surface area contributed by atoms with E-state index in [4.69, 9.17) is 4.74 Å². The van der Waals surface area contributed by atoms with E-state index in [9.17, 15) is 4.79 Å². The van der Waals surface area contributed by atoms with Crippen LogP contribution in [0.3, 0.4) is 0 Å². The van der Waals surface area contributed by atoms with Gasteiger partial charge in [0.1, 0.15) is 0 Å². The Balaban J connectivity index is 1.46. The first-order chi connectivity index (χ1) is 11.7. The van der Waals surface area contributed by atoms with Gasteiger partial charge in [-0.3, -0.25) is 4.79 Å². The summed E-state index contributed by atoms with van der Waals surface area (Å²) in [7, 11) is 0. The molecule has 3 aliphatic rings. The van der Waals surface area contributed by atoms with Crippen LogP contribution in [0.2, 0.25) is 0 Å². The van der Waals surface area contributed by atoms with Gasteiger partial charge >= 0.3 is 0 Å². The van der Waals surface area contributed by atoms with E-state index in [1.807, 2.05) is 0 Å². The summed E-state index contributed by atoms with van der Waals surface area (Å²) in [5.41, 5.74) is 2.58. The minimum absolute atomic E-state index is 0.129.